The standard InChI is InChI=1S/C21H21ClN2O4/c1-4-24(5-2)20-13-19(28-23-20)17-10-9-16(26-3)12-18(17)27-21(25)14-7-6-8-15(22)11-14/h6-13H,4-5H2,1-3H3. The molecule has 0 unspecified atom stereocenters. The highest BCUT2D eigenvalue weighted by atomic mass is 35.5. The van der Waals surface area contributed by atoms with Gasteiger partial charge in [-0.3, -0.25) is 0 Å². The smallest absolute Gasteiger partial charge is 0.343 e. The van der Waals surface area contributed by atoms with Crippen molar-refractivity contribution in [3.63, 3.8) is 0 Å². The van der Waals surface area contributed by atoms with E-state index in [1.54, 1.807) is 49.6 Å². The van der Waals surface area contributed by atoms with E-state index in [1.165, 1.54) is 0 Å². The molecule has 146 valence electrons. The van der Waals surface area contributed by atoms with Gasteiger partial charge >= 0.3 is 5.97 Å². The number of hydrogen-bond acceptors (Lipinski definition) is 6. The van der Waals surface area contributed by atoms with Crippen molar-refractivity contribution in [3.05, 3.63) is 59.1 Å². The summed E-state index contributed by atoms with van der Waals surface area (Å²) in [7, 11) is 1.55. The highest BCUT2D eigenvalue weighted by Gasteiger charge is 2.18. The zero-order chi connectivity index (χ0) is 20.1. The Morgan fingerprint density at radius 1 is 1.14 bits per heavy atom. The second kappa shape index (κ2) is 8.80. The molecule has 0 amide bonds. The third kappa shape index (κ3) is 4.28. The van der Waals surface area contributed by atoms with Crippen molar-refractivity contribution in [2.24, 2.45) is 0 Å². The maximum absolute atomic E-state index is 12.6. The molecule has 3 rings (SSSR count). The highest BCUT2D eigenvalue weighted by molar-refractivity contribution is 6.30. The van der Waals surface area contributed by atoms with Crippen molar-refractivity contribution < 1.29 is 18.8 Å². The number of benzene rings is 2. The van der Waals surface area contributed by atoms with Crippen LogP contribution in [-0.4, -0.2) is 31.3 Å². The Hall–Kier alpha value is -2.99. The van der Waals surface area contributed by atoms with Gasteiger partial charge in [0.05, 0.1) is 18.2 Å². The summed E-state index contributed by atoms with van der Waals surface area (Å²) in [6.45, 7) is 5.70. The van der Waals surface area contributed by atoms with Gasteiger partial charge in [-0.25, -0.2) is 4.79 Å². The average molecular weight is 401 g/mol. The molecule has 28 heavy (non-hydrogen) atoms. The van der Waals surface area contributed by atoms with E-state index in [1.807, 2.05) is 19.9 Å². The van der Waals surface area contributed by atoms with Crippen LogP contribution in [0.25, 0.3) is 11.3 Å². The van der Waals surface area contributed by atoms with Crippen LogP contribution in [0.1, 0.15) is 24.2 Å². The van der Waals surface area contributed by atoms with Gasteiger partial charge in [-0.05, 0) is 44.2 Å². The predicted molar refractivity (Wildman–Crippen MR) is 108 cm³/mol. The fourth-order valence-electron chi connectivity index (χ4n) is 2.78. The average Bonchev–Trinajstić information content (AvgIpc) is 3.18. The van der Waals surface area contributed by atoms with E-state index in [0.29, 0.717) is 33.4 Å². The summed E-state index contributed by atoms with van der Waals surface area (Å²) in [6.07, 6.45) is 0. The van der Waals surface area contributed by atoms with Crippen LogP contribution in [0.15, 0.2) is 53.1 Å². The van der Waals surface area contributed by atoms with Crippen molar-refractivity contribution in [1.29, 1.82) is 0 Å². The van der Waals surface area contributed by atoms with E-state index in [2.05, 4.69) is 10.1 Å². The van der Waals surface area contributed by atoms with Crippen molar-refractivity contribution in [2.45, 2.75) is 13.8 Å². The Bertz CT molecular complexity index is 967. The lowest BCUT2D eigenvalue weighted by Gasteiger charge is -2.15. The van der Waals surface area contributed by atoms with E-state index >= 15 is 0 Å². The van der Waals surface area contributed by atoms with Gasteiger partial charge in [0.1, 0.15) is 11.5 Å². The summed E-state index contributed by atoms with van der Waals surface area (Å²) in [5, 5.41) is 4.59. The maximum atomic E-state index is 12.6. The number of carbonyl (C=O) groups is 1. The van der Waals surface area contributed by atoms with Crippen molar-refractivity contribution in [3.8, 4) is 22.8 Å². The number of ether oxygens (including phenoxy) is 2. The number of carbonyl (C=O) groups excluding carboxylic acids is 1. The molecule has 0 saturated heterocycles. The predicted octanol–water partition coefficient (Wildman–Crippen LogP) is 5.07. The lowest BCUT2D eigenvalue weighted by molar-refractivity contribution is 0.0735. The van der Waals surface area contributed by atoms with Gasteiger partial charge < -0.3 is 18.9 Å². The minimum Gasteiger partial charge on any atom is -0.497 e. The van der Waals surface area contributed by atoms with Crippen LogP contribution in [-0.2, 0) is 0 Å². The van der Waals surface area contributed by atoms with Gasteiger partial charge in [-0.15, -0.1) is 0 Å². The summed E-state index contributed by atoms with van der Waals surface area (Å²) < 4.78 is 16.4. The Morgan fingerprint density at radius 3 is 2.61 bits per heavy atom. The van der Waals surface area contributed by atoms with E-state index in [-0.39, 0.29) is 0 Å². The molecule has 0 aliphatic heterocycles. The monoisotopic (exact) mass is 400 g/mol. The van der Waals surface area contributed by atoms with Gasteiger partial charge in [0.15, 0.2) is 11.6 Å². The first-order valence-corrected chi connectivity index (χ1v) is 9.31. The third-order valence-electron chi connectivity index (χ3n) is 4.30. The number of anilines is 1. The van der Waals surface area contributed by atoms with Crippen LogP contribution in [0, 0.1) is 0 Å². The van der Waals surface area contributed by atoms with E-state index in [9.17, 15) is 4.79 Å². The molecule has 0 bridgehead atoms. The molecule has 0 N–H and O–H groups in total. The largest absolute Gasteiger partial charge is 0.497 e. The molecule has 6 nitrogen and oxygen atoms in total. The van der Waals surface area contributed by atoms with Gasteiger partial charge in [0, 0.05) is 30.2 Å². The van der Waals surface area contributed by atoms with Crippen LogP contribution in [0.3, 0.4) is 0 Å². The minimum atomic E-state index is -0.527. The van der Waals surface area contributed by atoms with Crippen LogP contribution in [0.4, 0.5) is 5.82 Å². The quantitative estimate of drug-likeness (QED) is 0.407. The lowest BCUT2D eigenvalue weighted by atomic mass is 10.1. The molecule has 0 atom stereocenters. The Labute approximate surface area is 168 Å². The van der Waals surface area contributed by atoms with E-state index < -0.39 is 5.97 Å². The summed E-state index contributed by atoms with van der Waals surface area (Å²) in [6, 6.07) is 13.6. The summed E-state index contributed by atoms with van der Waals surface area (Å²) in [5.41, 5.74) is 0.949. The molecule has 0 spiro atoms. The lowest BCUT2D eigenvalue weighted by Crippen LogP contribution is -2.21. The first kappa shape index (κ1) is 19.8. The van der Waals surface area contributed by atoms with Crippen molar-refractivity contribution in [2.75, 3.05) is 25.1 Å². The fourth-order valence-corrected chi connectivity index (χ4v) is 2.97. The maximum Gasteiger partial charge on any atom is 0.343 e. The summed E-state index contributed by atoms with van der Waals surface area (Å²) in [4.78, 5) is 14.6. The molecular formula is C21H21ClN2O4. The Morgan fingerprint density at radius 2 is 1.93 bits per heavy atom. The minimum absolute atomic E-state index is 0.312. The topological polar surface area (TPSA) is 64.8 Å². The third-order valence-corrected chi connectivity index (χ3v) is 4.54. The van der Waals surface area contributed by atoms with Gasteiger partial charge in [0.2, 0.25) is 0 Å². The van der Waals surface area contributed by atoms with Gasteiger partial charge in [0.25, 0.3) is 0 Å². The molecule has 0 aliphatic rings. The molecule has 0 fully saturated rings. The molecule has 0 radical (unpaired) electrons. The normalized spacial score (nSPS) is 10.6. The molecule has 7 heteroatoms. The van der Waals surface area contributed by atoms with Crippen LogP contribution in [0.2, 0.25) is 5.02 Å². The molecular weight excluding hydrogens is 380 g/mol. The van der Waals surface area contributed by atoms with Crippen molar-refractivity contribution >= 4 is 23.4 Å². The van der Waals surface area contributed by atoms with E-state index in [0.717, 1.165) is 18.9 Å². The zero-order valence-electron chi connectivity index (χ0n) is 15.9. The van der Waals surface area contributed by atoms with Crippen LogP contribution >= 0.6 is 11.6 Å². The van der Waals surface area contributed by atoms with Crippen LogP contribution in [0.5, 0.6) is 11.5 Å². The number of esters is 1. The first-order chi connectivity index (χ1) is 13.5. The van der Waals surface area contributed by atoms with Gasteiger partial charge in [-0.2, -0.15) is 0 Å². The number of hydrogen-bond donors (Lipinski definition) is 0. The second-order valence-corrected chi connectivity index (χ2v) is 6.42. The number of rotatable bonds is 7. The molecule has 3 aromatic rings. The summed E-state index contributed by atoms with van der Waals surface area (Å²) >= 11 is 5.97. The zero-order valence-corrected chi connectivity index (χ0v) is 16.7. The number of methoxy groups -OCH3 is 1. The second-order valence-electron chi connectivity index (χ2n) is 5.98. The van der Waals surface area contributed by atoms with Crippen LogP contribution < -0.4 is 14.4 Å². The number of nitrogens with zero attached hydrogens (tertiary/aromatic N) is 2. The highest BCUT2D eigenvalue weighted by Crippen LogP contribution is 2.35. The SMILES string of the molecule is CCN(CC)c1cc(-c2ccc(OC)cc2OC(=O)c2cccc(Cl)c2)on1. The Kier molecular flexibility index (Phi) is 6.21. The molecule has 1 aromatic heterocycles. The molecule has 1 heterocycles. The number of halogens is 1. The number of aromatic nitrogens is 1. The van der Waals surface area contributed by atoms with E-state index in [4.69, 9.17) is 25.6 Å². The van der Waals surface area contributed by atoms with Gasteiger partial charge in [-0.1, -0.05) is 22.8 Å². The summed E-state index contributed by atoms with van der Waals surface area (Å²) in [5.74, 6) is 1.56. The Balaban J connectivity index is 1.95. The molecule has 0 aliphatic carbocycles. The molecule has 0 saturated carbocycles. The first-order valence-electron chi connectivity index (χ1n) is 8.93. The fraction of sp³-hybridized carbons (Fsp3) is 0.238. The molecule has 2 aromatic carbocycles. The van der Waals surface area contributed by atoms with Crippen molar-refractivity contribution in [1.82, 2.24) is 5.16 Å².